The Kier molecular flexibility index (Phi) is 6.62. The van der Waals surface area contributed by atoms with Crippen LogP contribution in [-0.2, 0) is 10.9 Å². The third-order valence-electron chi connectivity index (χ3n) is 5.43. The lowest BCUT2D eigenvalue weighted by Gasteiger charge is -2.26. The highest BCUT2D eigenvalue weighted by atomic mass is 32.1. The van der Waals surface area contributed by atoms with E-state index >= 15 is 0 Å². The zero-order valence-corrected chi connectivity index (χ0v) is 20.4. The minimum atomic E-state index is -4.74. The van der Waals surface area contributed by atoms with Crippen LogP contribution in [0.2, 0.25) is 0 Å². The van der Waals surface area contributed by atoms with E-state index in [9.17, 15) is 22.8 Å². The molecule has 35 heavy (non-hydrogen) atoms. The number of anilines is 1. The third kappa shape index (κ3) is 5.48. The molecular formula is C23H26F3N5O3S. The number of halogens is 3. The first kappa shape index (κ1) is 25.1. The predicted octanol–water partition coefficient (Wildman–Crippen LogP) is 4.31. The number of aromatic nitrogens is 2. The molecule has 2 amide bonds. The number of nitrogens with one attached hydrogen (secondary N) is 2. The molecule has 12 heteroatoms. The molecule has 0 atom stereocenters. The van der Waals surface area contributed by atoms with Gasteiger partial charge in [0.15, 0.2) is 5.01 Å². The van der Waals surface area contributed by atoms with Gasteiger partial charge in [-0.3, -0.25) is 9.59 Å². The number of nitrogens with zero attached hydrogens (tertiary/aromatic N) is 3. The van der Waals surface area contributed by atoms with Gasteiger partial charge in [-0.15, -0.1) is 11.3 Å². The topological polar surface area (TPSA) is 96.5 Å². The van der Waals surface area contributed by atoms with Crippen molar-refractivity contribution in [3.8, 4) is 10.4 Å². The highest BCUT2D eigenvalue weighted by Gasteiger charge is 2.38. The molecule has 0 spiro atoms. The molecule has 8 nitrogen and oxygen atoms in total. The van der Waals surface area contributed by atoms with Crippen molar-refractivity contribution in [2.45, 2.75) is 51.4 Å². The molecule has 0 unspecified atom stereocenters. The average molecular weight is 510 g/mol. The van der Waals surface area contributed by atoms with E-state index in [0.717, 1.165) is 23.6 Å². The fraction of sp³-hybridized carbons (Fsp3) is 0.478. The van der Waals surface area contributed by atoms with Gasteiger partial charge in [0.1, 0.15) is 11.5 Å². The summed E-state index contributed by atoms with van der Waals surface area (Å²) in [6.07, 6.45) is -2.37. The molecule has 2 aromatic rings. The zero-order valence-electron chi connectivity index (χ0n) is 19.6. The molecule has 188 valence electrons. The summed E-state index contributed by atoms with van der Waals surface area (Å²) in [6.45, 7) is 10.3. The van der Waals surface area contributed by atoms with Crippen molar-refractivity contribution in [1.29, 1.82) is 0 Å². The van der Waals surface area contributed by atoms with Crippen molar-refractivity contribution >= 4 is 29.0 Å². The summed E-state index contributed by atoms with van der Waals surface area (Å²) >= 11 is 0.733. The average Bonchev–Trinajstić information content (AvgIpc) is 3.35. The molecule has 0 aromatic carbocycles. The first-order chi connectivity index (χ1) is 16.3. The molecule has 2 saturated heterocycles. The molecule has 0 saturated carbocycles. The number of carbonyl (C=O) groups excluding carboxylic acids is 2. The van der Waals surface area contributed by atoms with E-state index in [1.165, 1.54) is 4.90 Å². The summed E-state index contributed by atoms with van der Waals surface area (Å²) < 4.78 is 47.5. The number of alkyl halides is 3. The largest absolute Gasteiger partial charge is 0.417 e. The lowest BCUT2D eigenvalue weighted by Crippen LogP contribution is -2.48. The minimum absolute atomic E-state index is 0.0434. The lowest BCUT2D eigenvalue weighted by molar-refractivity contribution is -0.137. The maximum absolute atomic E-state index is 14.2. The number of rotatable bonds is 5. The molecular weight excluding hydrogens is 483 g/mol. The molecule has 4 rings (SSSR count). The van der Waals surface area contributed by atoms with E-state index < -0.39 is 29.1 Å². The first-order valence-corrected chi connectivity index (χ1v) is 11.9. The summed E-state index contributed by atoms with van der Waals surface area (Å²) in [4.78, 5) is 35.8. The Hall–Kier alpha value is -2.99. The fourth-order valence-corrected chi connectivity index (χ4v) is 4.73. The summed E-state index contributed by atoms with van der Waals surface area (Å²) in [5, 5.41) is 5.54. The first-order valence-electron chi connectivity index (χ1n) is 11.1. The SMILES string of the molecule is C=C1CCCN1C(=O)c1nc(C(=O)NC2COC2)sc1-c1cnc(NC(C)(C)C)cc1C(F)(F)F. The molecule has 2 fully saturated rings. The number of amides is 2. The van der Waals surface area contributed by atoms with Gasteiger partial charge in [-0.2, -0.15) is 13.2 Å². The van der Waals surface area contributed by atoms with Crippen molar-refractivity contribution in [3.05, 3.63) is 40.8 Å². The van der Waals surface area contributed by atoms with Crippen molar-refractivity contribution in [2.24, 2.45) is 0 Å². The highest BCUT2D eigenvalue weighted by Crippen LogP contribution is 2.42. The number of hydrogen-bond donors (Lipinski definition) is 2. The number of ether oxygens (including phenoxy) is 1. The van der Waals surface area contributed by atoms with Crippen molar-refractivity contribution in [3.63, 3.8) is 0 Å². The Labute approximate surface area is 204 Å². The summed E-state index contributed by atoms with van der Waals surface area (Å²) in [6, 6.07) is 0.705. The van der Waals surface area contributed by atoms with Gasteiger partial charge in [0.25, 0.3) is 11.8 Å². The van der Waals surface area contributed by atoms with Gasteiger partial charge in [-0.05, 0) is 39.7 Å². The van der Waals surface area contributed by atoms with E-state index in [0.29, 0.717) is 38.3 Å². The molecule has 0 radical (unpaired) electrons. The van der Waals surface area contributed by atoms with E-state index in [1.54, 1.807) is 20.8 Å². The molecule has 2 aliphatic heterocycles. The zero-order chi connectivity index (χ0) is 25.5. The number of likely N-dealkylation sites (tertiary alicyclic amines) is 1. The van der Waals surface area contributed by atoms with Crippen LogP contribution in [0.25, 0.3) is 10.4 Å². The number of hydrogen-bond acceptors (Lipinski definition) is 7. The number of pyridine rings is 1. The number of thiazole rings is 1. The molecule has 0 aliphatic carbocycles. The van der Waals surface area contributed by atoms with Crippen LogP contribution in [0.15, 0.2) is 24.5 Å². The van der Waals surface area contributed by atoms with Gasteiger partial charge in [0.2, 0.25) is 0 Å². The van der Waals surface area contributed by atoms with E-state index in [4.69, 9.17) is 4.74 Å². The summed E-state index contributed by atoms with van der Waals surface area (Å²) in [5.74, 6) is -1.12. The Bertz CT molecular complexity index is 1170. The van der Waals surface area contributed by atoms with Crippen LogP contribution in [0.1, 0.15) is 59.5 Å². The van der Waals surface area contributed by atoms with Crippen LogP contribution < -0.4 is 10.6 Å². The summed E-state index contributed by atoms with van der Waals surface area (Å²) in [7, 11) is 0. The van der Waals surface area contributed by atoms with Crippen molar-refractivity contribution in [2.75, 3.05) is 25.1 Å². The fourth-order valence-electron chi connectivity index (χ4n) is 3.74. The second kappa shape index (κ2) is 9.23. The minimum Gasteiger partial charge on any atom is -0.377 e. The van der Waals surface area contributed by atoms with Crippen LogP contribution in [0.4, 0.5) is 19.0 Å². The molecule has 4 heterocycles. The van der Waals surface area contributed by atoms with Gasteiger partial charge < -0.3 is 20.3 Å². The van der Waals surface area contributed by atoms with E-state index in [1.807, 2.05) is 0 Å². The molecule has 0 bridgehead atoms. The Balaban J connectivity index is 1.81. The van der Waals surface area contributed by atoms with Gasteiger partial charge >= 0.3 is 6.18 Å². The second-order valence-corrected chi connectivity index (χ2v) is 10.5. The van der Waals surface area contributed by atoms with Crippen LogP contribution in [0.5, 0.6) is 0 Å². The van der Waals surface area contributed by atoms with Crippen LogP contribution in [0, 0.1) is 0 Å². The quantitative estimate of drug-likeness (QED) is 0.624. The lowest BCUT2D eigenvalue weighted by atomic mass is 10.1. The Morgan fingerprint density at radius 3 is 2.51 bits per heavy atom. The van der Waals surface area contributed by atoms with Gasteiger partial charge in [-0.25, -0.2) is 9.97 Å². The summed E-state index contributed by atoms with van der Waals surface area (Å²) in [5.41, 5.74) is -1.47. The highest BCUT2D eigenvalue weighted by molar-refractivity contribution is 7.17. The third-order valence-corrected chi connectivity index (χ3v) is 6.52. The van der Waals surface area contributed by atoms with Gasteiger partial charge in [-0.1, -0.05) is 6.58 Å². The van der Waals surface area contributed by atoms with Crippen molar-refractivity contribution < 1.29 is 27.5 Å². The van der Waals surface area contributed by atoms with Crippen LogP contribution in [0.3, 0.4) is 0 Å². The van der Waals surface area contributed by atoms with Gasteiger partial charge in [0, 0.05) is 29.5 Å². The Morgan fingerprint density at radius 2 is 1.97 bits per heavy atom. The molecule has 2 aromatic heterocycles. The Morgan fingerprint density at radius 1 is 1.26 bits per heavy atom. The maximum Gasteiger partial charge on any atom is 0.417 e. The molecule has 2 aliphatic rings. The maximum atomic E-state index is 14.2. The smallest absolute Gasteiger partial charge is 0.377 e. The molecule has 2 N–H and O–H groups in total. The van der Waals surface area contributed by atoms with Crippen LogP contribution >= 0.6 is 11.3 Å². The predicted molar refractivity (Wildman–Crippen MR) is 125 cm³/mol. The normalized spacial score (nSPS) is 16.9. The number of carbonyl (C=O) groups is 2. The van der Waals surface area contributed by atoms with Gasteiger partial charge in [0.05, 0.1) is 29.7 Å². The van der Waals surface area contributed by atoms with E-state index in [-0.39, 0.29) is 33.0 Å². The van der Waals surface area contributed by atoms with Crippen molar-refractivity contribution in [1.82, 2.24) is 20.2 Å². The van der Waals surface area contributed by atoms with Crippen LogP contribution in [-0.4, -0.2) is 58.0 Å². The van der Waals surface area contributed by atoms with E-state index in [2.05, 4.69) is 27.2 Å². The number of allylic oxidation sites excluding steroid dienone is 1. The second-order valence-electron chi connectivity index (χ2n) is 9.52. The monoisotopic (exact) mass is 509 g/mol. The standard InChI is InChI=1S/C23H26F3N5O3S/c1-12-6-5-7-31(12)21(33)17-18(35-20(29-17)19(32)28-13-10-34-11-13)14-9-27-16(30-22(2,3)4)8-15(14)23(24,25)26/h8-9,13H,1,5-7,10-11H2,2-4H3,(H,27,30)(H,28,32).